The van der Waals surface area contributed by atoms with E-state index in [1.54, 1.807) is 0 Å². The van der Waals surface area contributed by atoms with Gasteiger partial charge in [0.05, 0.1) is 37.7 Å². The predicted octanol–water partition coefficient (Wildman–Crippen LogP) is 4.16. The Kier molecular flexibility index (Phi) is 9.10. The molecular weight excluding hydrogens is 480 g/mol. The van der Waals surface area contributed by atoms with Crippen molar-refractivity contribution < 1.29 is 23.6 Å². The molecule has 0 spiro atoms. The largest absolute Gasteiger partial charge is 0.452 e. The fraction of sp³-hybridized carbons (Fsp3) is 0.500. The van der Waals surface area contributed by atoms with Crippen LogP contribution in [0.25, 0.3) is 22.4 Å². The van der Waals surface area contributed by atoms with E-state index in [0.717, 1.165) is 85.9 Å². The minimum Gasteiger partial charge on any atom is -0.452 e. The standard InChI is InChI=1S/C23H28N4O3S.C3H8O2/c24-31-29-15-16-4-5-18(12-16)26-20-6-7-25-21-14-22(30-23(20)21)17-2-1-3-19(13-17)27-8-10-28-11-9-27;1-3(2,4)5/h1-3,6-7,13-14,16,18H,4-5,8-12,15,24H2,(H,25,26);4-5H,1-2H3. The fourth-order valence-corrected chi connectivity index (χ4v) is 4.86. The van der Waals surface area contributed by atoms with Crippen LogP contribution in [0.3, 0.4) is 0 Å². The molecule has 1 saturated carbocycles. The number of aliphatic hydroxyl groups is 2. The summed E-state index contributed by atoms with van der Waals surface area (Å²) in [5.41, 5.74) is 4.94. The maximum Gasteiger partial charge on any atom is 0.176 e. The molecule has 10 heteroatoms. The molecule has 0 bridgehead atoms. The van der Waals surface area contributed by atoms with Gasteiger partial charge >= 0.3 is 0 Å². The second kappa shape index (κ2) is 12.3. The van der Waals surface area contributed by atoms with Crippen molar-refractivity contribution in [2.45, 2.75) is 44.9 Å². The van der Waals surface area contributed by atoms with Crippen LogP contribution in [-0.4, -0.2) is 59.9 Å². The zero-order valence-corrected chi connectivity index (χ0v) is 21.7. The molecule has 3 heterocycles. The summed E-state index contributed by atoms with van der Waals surface area (Å²) in [7, 11) is 0. The SMILES string of the molecule is CC(C)(O)O.NSOCC1CCC(Nc2ccnc3cc(-c4cccc(N5CCOCC5)c4)oc23)C1. The van der Waals surface area contributed by atoms with Crippen molar-refractivity contribution in [3.05, 3.63) is 42.6 Å². The van der Waals surface area contributed by atoms with E-state index >= 15 is 0 Å². The van der Waals surface area contributed by atoms with Crippen molar-refractivity contribution in [2.75, 3.05) is 43.1 Å². The van der Waals surface area contributed by atoms with E-state index in [0.29, 0.717) is 18.6 Å². The Morgan fingerprint density at radius 3 is 2.72 bits per heavy atom. The molecule has 1 aliphatic heterocycles. The molecule has 2 fully saturated rings. The maximum absolute atomic E-state index is 8.08. The van der Waals surface area contributed by atoms with Crippen molar-refractivity contribution in [1.82, 2.24) is 4.98 Å². The highest BCUT2D eigenvalue weighted by Gasteiger charge is 2.26. The first kappa shape index (κ1) is 26.7. The van der Waals surface area contributed by atoms with Crippen LogP contribution in [0.4, 0.5) is 11.4 Å². The molecule has 9 nitrogen and oxygen atoms in total. The lowest BCUT2D eigenvalue weighted by Crippen LogP contribution is -2.36. The lowest BCUT2D eigenvalue weighted by Gasteiger charge is -2.29. The molecule has 5 rings (SSSR count). The quantitative estimate of drug-likeness (QED) is 0.207. The van der Waals surface area contributed by atoms with Gasteiger partial charge in [-0.25, -0.2) is 0 Å². The van der Waals surface area contributed by atoms with Crippen LogP contribution in [0.5, 0.6) is 0 Å². The van der Waals surface area contributed by atoms with Crippen LogP contribution in [0.2, 0.25) is 0 Å². The van der Waals surface area contributed by atoms with Gasteiger partial charge < -0.3 is 33.8 Å². The molecule has 2 unspecified atom stereocenters. The molecular formula is C26H36N4O5S. The summed E-state index contributed by atoms with van der Waals surface area (Å²) in [5.74, 6) is -0.120. The highest BCUT2D eigenvalue weighted by atomic mass is 32.2. The third-order valence-electron chi connectivity index (χ3n) is 6.19. The number of nitrogens with zero attached hydrogens (tertiary/aromatic N) is 2. The second-order valence-corrected chi connectivity index (χ2v) is 10.2. The number of pyridine rings is 1. The minimum absolute atomic E-state index is 0.403. The van der Waals surface area contributed by atoms with E-state index in [4.69, 9.17) is 28.7 Å². The number of hydrogen-bond acceptors (Lipinski definition) is 10. The van der Waals surface area contributed by atoms with Gasteiger partial charge in [0.1, 0.15) is 11.3 Å². The van der Waals surface area contributed by atoms with Crippen LogP contribution < -0.4 is 15.4 Å². The number of rotatable bonds is 7. The molecule has 1 saturated heterocycles. The molecule has 3 aromatic rings. The highest BCUT2D eigenvalue weighted by Crippen LogP contribution is 2.35. The van der Waals surface area contributed by atoms with Gasteiger partial charge in [-0.2, -0.15) is 0 Å². The summed E-state index contributed by atoms with van der Waals surface area (Å²) in [4.78, 5) is 6.88. The zero-order chi connectivity index (χ0) is 25.5. The number of anilines is 2. The number of nitrogens with one attached hydrogen (secondary N) is 1. The van der Waals surface area contributed by atoms with Crippen LogP contribution in [-0.2, 0) is 8.92 Å². The number of nitrogens with two attached hydrogens (primary N) is 1. The average Bonchev–Trinajstić information content (AvgIpc) is 3.50. The number of ether oxygens (including phenoxy) is 1. The molecule has 0 radical (unpaired) electrons. The van der Waals surface area contributed by atoms with E-state index in [1.165, 1.54) is 19.5 Å². The number of benzene rings is 1. The number of fused-ring (bicyclic) bond motifs is 1. The van der Waals surface area contributed by atoms with E-state index in [9.17, 15) is 0 Å². The van der Waals surface area contributed by atoms with Crippen molar-refractivity contribution in [2.24, 2.45) is 11.1 Å². The van der Waals surface area contributed by atoms with Crippen molar-refractivity contribution in [1.29, 1.82) is 0 Å². The molecule has 5 N–H and O–H groups in total. The van der Waals surface area contributed by atoms with Crippen LogP contribution in [0.15, 0.2) is 47.0 Å². The summed E-state index contributed by atoms with van der Waals surface area (Å²) < 4.78 is 17.1. The lowest BCUT2D eigenvalue weighted by atomic mass is 10.1. The zero-order valence-electron chi connectivity index (χ0n) is 20.9. The van der Waals surface area contributed by atoms with Gasteiger partial charge in [-0.1, -0.05) is 12.1 Å². The van der Waals surface area contributed by atoms with Crippen molar-refractivity contribution >= 4 is 34.7 Å². The van der Waals surface area contributed by atoms with Gasteiger partial charge in [0, 0.05) is 42.6 Å². The summed E-state index contributed by atoms with van der Waals surface area (Å²) in [6, 6.07) is 12.9. The first-order chi connectivity index (χ1) is 17.3. The molecule has 1 aliphatic carbocycles. The molecule has 196 valence electrons. The average molecular weight is 517 g/mol. The first-order valence-electron chi connectivity index (χ1n) is 12.3. The Morgan fingerprint density at radius 1 is 1.19 bits per heavy atom. The predicted molar refractivity (Wildman–Crippen MR) is 143 cm³/mol. The Morgan fingerprint density at radius 2 is 1.97 bits per heavy atom. The van der Waals surface area contributed by atoms with Gasteiger partial charge in [-0.3, -0.25) is 10.1 Å². The Bertz CT molecular complexity index is 1110. The molecule has 2 aliphatic rings. The number of hydrogen-bond donors (Lipinski definition) is 4. The molecule has 1 aromatic carbocycles. The maximum atomic E-state index is 8.08. The lowest BCUT2D eigenvalue weighted by molar-refractivity contribution is -0.127. The van der Waals surface area contributed by atoms with E-state index < -0.39 is 5.79 Å². The van der Waals surface area contributed by atoms with Crippen molar-refractivity contribution in [3.8, 4) is 11.3 Å². The van der Waals surface area contributed by atoms with Crippen molar-refractivity contribution in [3.63, 3.8) is 0 Å². The normalized spacial score (nSPS) is 20.3. The van der Waals surface area contributed by atoms with Gasteiger partial charge in [-0.15, -0.1) is 0 Å². The molecule has 36 heavy (non-hydrogen) atoms. The molecule has 2 aromatic heterocycles. The second-order valence-electron chi connectivity index (χ2n) is 9.73. The summed E-state index contributed by atoms with van der Waals surface area (Å²) >= 11 is 0.953. The van der Waals surface area contributed by atoms with Crippen LogP contribution in [0, 0.1) is 5.92 Å². The van der Waals surface area contributed by atoms with Gasteiger partial charge in [0.25, 0.3) is 0 Å². The number of morpholine rings is 1. The van der Waals surface area contributed by atoms with Crippen LogP contribution >= 0.6 is 12.2 Å². The Labute approximate surface area is 216 Å². The fourth-order valence-electron chi connectivity index (χ4n) is 4.58. The summed E-state index contributed by atoms with van der Waals surface area (Å²) in [5, 5.41) is 25.2. The third-order valence-corrected chi connectivity index (χ3v) is 6.46. The first-order valence-corrected chi connectivity index (χ1v) is 13.1. The Hall–Kier alpha value is -2.34. The Balaban J connectivity index is 0.000000556. The number of furan rings is 1. The van der Waals surface area contributed by atoms with Gasteiger partial charge in [0.15, 0.2) is 11.4 Å². The van der Waals surface area contributed by atoms with E-state index in [-0.39, 0.29) is 0 Å². The molecule has 0 amide bonds. The topological polar surface area (TPSA) is 126 Å². The number of aromatic nitrogens is 1. The van der Waals surface area contributed by atoms with Gasteiger partial charge in [-0.05, 0) is 57.2 Å². The third kappa shape index (κ3) is 7.58. The van der Waals surface area contributed by atoms with E-state index in [2.05, 4.69) is 39.5 Å². The molecule has 2 atom stereocenters. The van der Waals surface area contributed by atoms with Crippen LogP contribution in [0.1, 0.15) is 33.1 Å². The monoisotopic (exact) mass is 516 g/mol. The summed E-state index contributed by atoms with van der Waals surface area (Å²) in [6.07, 6.45) is 5.17. The summed E-state index contributed by atoms with van der Waals surface area (Å²) in [6.45, 7) is 6.67. The van der Waals surface area contributed by atoms with Gasteiger partial charge in [0.2, 0.25) is 0 Å². The minimum atomic E-state index is -1.50. The van der Waals surface area contributed by atoms with E-state index in [1.807, 2.05) is 18.3 Å². The highest BCUT2D eigenvalue weighted by molar-refractivity contribution is 7.92. The smallest absolute Gasteiger partial charge is 0.176 e.